The van der Waals surface area contributed by atoms with E-state index in [1.165, 1.54) is 0 Å². The molecule has 0 fully saturated rings. The van der Waals surface area contributed by atoms with Gasteiger partial charge in [-0.1, -0.05) is 6.92 Å². The summed E-state index contributed by atoms with van der Waals surface area (Å²) < 4.78 is 1.72. The van der Waals surface area contributed by atoms with Gasteiger partial charge in [0.05, 0.1) is 12.0 Å². The number of primary amides is 1. The maximum atomic E-state index is 11.0. The lowest BCUT2D eigenvalue weighted by Gasteiger charge is -2.16. The monoisotopic (exact) mass is 196 g/mol. The third-order valence-electron chi connectivity index (χ3n) is 2.34. The van der Waals surface area contributed by atoms with Crippen LogP contribution in [0.5, 0.6) is 0 Å². The molecule has 1 aromatic rings. The first kappa shape index (κ1) is 10.7. The Balaban J connectivity index is 2.98. The predicted molar refractivity (Wildman–Crippen MR) is 53.4 cm³/mol. The summed E-state index contributed by atoms with van der Waals surface area (Å²) in [6.07, 6.45) is 4.06. The predicted octanol–water partition coefficient (Wildman–Crippen LogP) is 0.339. The molecule has 0 spiro atoms. The van der Waals surface area contributed by atoms with Gasteiger partial charge in [-0.2, -0.15) is 0 Å². The molecule has 0 radical (unpaired) electrons. The number of hydrogen-bond acceptors (Lipinski definition) is 3. The van der Waals surface area contributed by atoms with E-state index in [0.717, 1.165) is 12.1 Å². The van der Waals surface area contributed by atoms with E-state index in [1.54, 1.807) is 24.0 Å². The fraction of sp³-hybridized carbons (Fsp3) is 0.556. The Hall–Kier alpha value is -1.36. The average Bonchev–Trinajstić information content (AvgIpc) is 2.63. The van der Waals surface area contributed by atoms with Crippen molar-refractivity contribution < 1.29 is 4.79 Å². The van der Waals surface area contributed by atoms with Crippen molar-refractivity contribution >= 4 is 5.91 Å². The summed E-state index contributed by atoms with van der Waals surface area (Å²) in [7, 11) is 0. The van der Waals surface area contributed by atoms with Crippen molar-refractivity contribution in [2.75, 3.05) is 0 Å². The standard InChI is InChI=1S/C9H16N4O/c1-3-7(10)8-4-12-5-13(8)6(2)9(11)14/h4-7H,3,10H2,1-2H3,(H2,11,14)/t6?,7-/m1/s1. The molecule has 0 saturated carbocycles. The second-order valence-corrected chi connectivity index (χ2v) is 3.32. The van der Waals surface area contributed by atoms with Crippen LogP contribution >= 0.6 is 0 Å². The van der Waals surface area contributed by atoms with Gasteiger partial charge in [0.1, 0.15) is 6.04 Å². The fourth-order valence-electron chi connectivity index (χ4n) is 1.27. The molecule has 0 aliphatic rings. The normalized spacial score (nSPS) is 15.1. The average molecular weight is 196 g/mol. The number of amides is 1. The SMILES string of the molecule is CC[C@@H](N)c1cncn1C(C)C(N)=O. The minimum Gasteiger partial charge on any atom is -0.368 e. The second-order valence-electron chi connectivity index (χ2n) is 3.32. The Morgan fingerprint density at radius 1 is 1.71 bits per heavy atom. The third kappa shape index (κ3) is 1.93. The lowest BCUT2D eigenvalue weighted by molar-refractivity contribution is -0.120. The fourth-order valence-corrected chi connectivity index (χ4v) is 1.27. The van der Waals surface area contributed by atoms with Crippen molar-refractivity contribution in [1.82, 2.24) is 9.55 Å². The molecule has 14 heavy (non-hydrogen) atoms. The summed E-state index contributed by atoms with van der Waals surface area (Å²) in [5.74, 6) is -0.382. The molecule has 2 atom stereocenters. The topological polar surface area (TPSA) is 86.9 Å². The Kier molecular flexibility index (Phi) is 3.24. The molecule has 5 heteroatoms. The summed E-state index contributed by atoms with van der Waals surface area (Å²) in [6, 6.07) is -0.496. The van der Waals surface area contributed by atoms with Gasteiger partial charge >= 0.3 is 0 Å². The highest BCUT2D eigenvalue weighted by atomic mass is 16.1. The minimum absolute atomic E-state index is 0.0979. The molecule has 1 heterocycles. The van der Waals surface area contributed by atoms with Gasteiger partial charge in [0.25, 0.3) is 0 Å². The van der Waals surface area contributed by atoms with Crippen LogP contribution < -0.4 is 11.5 Å². The summed E-state index contributed by atoms with van der Waals surface area (Å²) in [5.41, 5.74) is 11.9. The van der Waals surface area contributed by atoms with Crippen molar-refractivity contribution in [1.29, 1.82) is 0 Å². The van der Waals surface area contributed by atoms with Crippen LogP contribution in [0.1, 0.15) is 38.0 Å². The molecule has 1 rings (SSSR count). The number of nitrogens with two attached hydrogens (primary N) is 2. The van der Waals surface area contributed by atoms with E-state index in [2.05, 4.69) is 4.98 Å². The number of nitrogens with zero attached hydrogens (tertiary/aromatic N) is 2. The molecule has 0 saturated heterocycles. The second kappa shape index (κ2) is 4.23. The van der Waals surface area contributed by atoms with Crippen molar-refractivity contribution in [2.24, 2.45) is 11.5 Å². The first-order chi connectivity index (χ1) is 6.57. The highest BCUT2D eigenvalue weighted by molar-refractivity contribution is 5.78. The molecule has 1 aromatic heterocycles. The van der Waals surface area contributed by atoms with Gasteiger partial charge in [0.15, 0.2) is 0 Å². The van der Waals surface area contributed by atoms with Crippen LogP contribution in [0.15, 0.2) is 12.5 Å². The zero-order valence-corrected chi connectivity index (χ0v) is 8.47. The molecule has 78 valence electrons. The van der Waals surface area contributed by atoms with Gasteiger partial charge in [-0.3, -0.25) is 4.79 Å². The highest BCUT2D eigenvalue weighted by Crippen LogP contribution is 2.17. The Labute approximate surface area is 83.1 Å². The summed E-state index contributed by atoms with van der Waals surface area (Å²) in [5, 5.41) is 0. The van der Waals surface area contributed by atoms with Crippen LogP contribution in [0.2, 0.25) is 0 Å². The molecule has 1 amide bonds. The van der Waals surface area contributed by atoms with E-state index >= 15 is 0 Å². The first-order valence-corrected chi connectivity index (χ1v) is 4.64. The molecule has 0 bridgehead atoms. The highest BCUT2D eigenvalue weighted by Gasteiger charge is 2.17. The summed E-state index contributed by atoms with van der Waals surface area (Å²) in [6.45, 7) is 3.72. The smallest absolute Gasteiger partial charge is 0.240 e. The van der Waals surface area contributed by atoms with Gasteiger partial charge in [0, 0.05) is 12.2 Å². The van der Waals surface area contributed by atoms with E-state index in [0.29, 0.717) is 0 Å². The van der Waals surface area contributed by atoms with Crippen LogP contribution in [-0.2, 0) is 4.79 Å². The summed E-state index contributed by atoms with van der Waals surface area (Å²) >= 11 is 0. The largest absolute Gasteiger partial charge is 0.368 e. The van der Waals surface area contributed by atoms with Crippen LogP contribution in [0.3, 0.4) is 0 Å². The third-order valence-corrected chi connectivity index (χ3v) is 2.34. The molecular formula is C9H16N4O. The van der Waals surface area contributed by atoms with E-state index in [4.69, 9.17) is 11.5 Å². The number of imidazole rings is 1. The van der Waals surface area contributed by atoms with Gasteiger partial charge in [0.2, 0.25) is 5.91 Å². The van der Waals surface area contributed by atoms with Gasteiger partial charge in [-0.05, 0) is 13.3 Å². The van der Waals surface area contributed by atoms with Crippen molar-refractivity contribution in [3.05, 3.63) is 18.2 Å². The van der Waals surface area contributed by atoms with E-state index in [-0.39, 0.29) is 11.9 Å². The lowest BCUT2D eigenvalue weighted by Crippen LogP contribution is -2.26. The molecule has 0 aromatic carbocycles. The van der Waals surface area contributed by atoms with E-state index < -0.39 is 6.04 Å². The number of aromatic nitrogens is 2. The van der Waals surface area contributed by atoms with Crippen LogP contribution in [-0.4, -0.2) is 15.5 Å². The number of rotatable bonds is 4. The van der Waals surface area contributed by atoms with Crippen molar-refractivity contribution in [2.45, 2.75) is 32.4 Å². The minimum atomic E-state index is -0.398. The van der Waals surface area contributed by atoms with Crippen LogP contribution in [0, 0.1) is 0 Å². The van der Waals surface area contributed by atoms with E-state index in [1.807, 2.05) is 6.92 Å². The quantitative estimate of drug-likeness (QED) is 0.728. The maximum absolute atomic E-state index is 11.0. The van der Waals surface area contributed by atoms with Gasteiger partial charge < -0.3 is 16.0 Å². The van der Waals surface area contributed by atoms with E-state index in [9.17, 15) is 4.79 Å². The Morgan fingerprint density at radius 3 is 2.86 bits per heavy atom. The van der Waals surface area contributed by atoms with Gasteiger partial charge in [-0.15, -0.1) is 0 Å². The molecule has 5 nitrogen and oxygen atoms in total. The van der Waals surface area contributed by atoms with Crippen LogP contribution in [0.4, 0.5) is 0 Å². The molecular weight excluding hydrogens is 180 g/mol. The maximum Gasteiger partial charge on any atom is 0.240 e. The number of carbonyl (C=O) groups is 1. The Bertz CT molecular complexity index is 320. The van der Waals surface area contributed by atoms with Crippen molar-refractivity contribution in [3.63, 3.8) is 0 Å². The molecule has 0 aliphatic carbocycles. The number of carbonyl (C=O) groups excluding carboxylic acids is 1. The molecule has 4 N–H and O–H groups in total. The zero-order valence-electron chi connectivity index (χ0n) is 8.47. The number of hydrogen-bond donors (Lipinski definition) is 2. The molecule has 0 aliphatic heterocycles. The first-order valence-electron chi connectivity index (χ1n) is 4.64. The van der Waals surface area contributed by atoms with Gasteiger partial charge in [-0.25, -0.2) is 4.98 Å². The van der Waals surface area contributed by atoms with Crippen LogP contribution in [0.25, 0.3) is 0 Å². The lowest BCUT2D eigenvalue weighted by atomic mass is 10.1. The Morgan fingerprint density at radius 2 is 2.36 bits per heavy atom. The van der Waals surface area contributed by atoms with Crippen molar-refractivity contribution in [3.8, 4) is 0 Å². The summed E-state index contributed by atoms with van der Waals surface area (Å²) in [4.78, 5) is 15.0. The zero-order chi connectivity index (χ0) is 10.7. The molecule has 1 unspecified atom stereocenters.